The van der Waals surface area contributed by atoms with Gasteiger partial charge in [-0.1, -0.05) is 6.92 Å². The first-order valence-corrected chi connectivity index (χ1v) is 2.90. The molecule has 0 aliphatic rings. The van der Waals surface area contributed by atoms with Crippen molar-refractivity contribution in [3.63, 3.8) is 0 Å². The van der Waals surface area contributed by atoms with Gasteiger partial charge in [-0.3, -0.25) is 9.59 Å². The normalized spacial score (nSPS) is 8.10. The molecule has 0 fully saturated rings. The second-order valence-electron chi connectivity index (χ2n) is 1.86. The maximum Gasteiger partial charge on any atom is 2.00 e. The Morgan fingerprint density at radius 3 is 2.30 bits per heavy atom. The molecule has 0 aromatic rings. The third kappa shape index (κ3) is 7.91. The van der Waals surface area contributed by atoms with Crippen LogP contribution in [0.15, 0.2) is 0 Å². The molecule has 4 heteroatoms. The van der Waals surface area contributed by atoms with Gasteiger partial charge in [0.2, 0.25) is 0 Å². The van der Waals surface area contributed by atoms with Crippen molar-refractivity contribution < 1.29 is 17.5 Å². The molecule has 3 nitrogen and oxygen atoms in total. The minimum absolute atomic E-state index is 0. The van der Waals surface area contributed by atoms with Gasteiger partial charge >= 0.3 is 29.0 Å². The smallest absolute Gasteiger partial charge is 1.00 e. The van der Waals surface area contributed by atoms with Gasteiger partial charge in [-0.15, -0.1) is 0 Å². The van der Waals surface area contributed by atoms with E-state index in [4.69, 9.17) is 5.11 Å². The summed E-state index contributed by atoms with van der Waals surface area (Å²) >= 11 is 0. The van der Waals surface area contributed by atoms with E-state index >= 15 is 0 Å². The minimum atomic E-state index is -1.03. The maximum absolute atomic E-state index is 10.5. The van der Waals surface area contributed by atoms with Crippen LogP contribution in [0.4, 0.5) is 0 Å². The molecule has 0 amide bonds. The Morgan fingerprint density at radius 1 is 1.50 bits per heavy atom. The molecule has 0 heterocycles. The van der Waals surface area contributed by atoms with E-state index in [1.807, 2.05) is 6.92 Å². The number of carboxylic acid groups (broad SMARTS) is 1. The molecule has 0 unspecified atom stereocenters. The Bertz CT molecular complexity index is 130. The Labute approximate surface area is 78.9 Å². The van der Waals surface area contributed by atoms with Gasteiger partial charge in [-0.05, 0) is 6.42 Å². The number of aliphatic carboxylic acids is 1. The molecule has 0 aromatic heterocycles. The zero-order valence-corrected chi connectivity index (χ0v) is 7.51. The van der Waals surface area contributed by atoms with E-state index < -0.39 is 5.97 Å². The fourth-order valence-electron chi connectivity index (χ4n) is 0.536. The van der Waals surface area contributed by atoms with Crippen LogP contribution in [0.5, 0.6) is 0 Å². The van der Waals surface area contributed by atoms with Crippen LogP contribution < -0.4 is 0 Å². The molecule has 0 spiro atoms. The van der Waals surface area contributed by atoms with Gasteiger partial charge < -0.3 is 7.96 Å². The number of Topliss-reactive ketones (excluding diaryl/α,β-unsaturated/α-hetero) is 1. The summed E-state index contributed by atoms with van der Waals surface area (Å²) in [4.78, 5) is 20.3. The van der Waals surface area contributed by atoms with Crippen molar-refractivity contribution in [2.24, 2.45) is 0 Å². The zero-order valence-electron chi connectivity index (χ0n) is 8.09. The Hall–Kier alpha value is -0.0938. The van der Waals surface area contributed by atoms with Crippen molar-refractivity contribution in [1.82, 2.24) is 0 Å². The fourth-order valence-corrected chi connectivity index (χ4v) is 0.536. The SMILES string of the molecule is CCCC(=O)CC(=O)O.[H-].[H-].[Mg+2]. The van der Waals surface area contributed by atoms with E-state index in [9.17, 15) is 9.59 Å². The second-order valence-corrected chi connectivity index (χ2v) is 1.86. The topological polar surface area (TPSA) is 54.4 Å². The van der Waals surface area contributed by atoms with Crippen LogP contribution in [0.25, 0.3) is 0 Å². The third-order valence-electron chi connectivity index (χ3n) is 0.877. The van der Waals surface area contributed by atoms with Crippen molar-refractivity contribution in [2.45, 2.75) is 26.2 Å². The van der Waals surface area contributed by atoms with Gasteiger partial charge in [0.05, 0.1) is 0 Å². The Morgan fingerprint density at radius 2 is 2.00 bits per heavy atom. The van der Waals surface area contributed by atoms with Gasteiger partial charge in [0.25, 0.3) is 0 Å². The first-order chi connectivity index (χ1) is 4.16. The van der Waals surface area contributed by atoms with Crippen LogP contribution in [0, 0.1) is 0 Å². The number of ketones is 1. The van der Waals surface area contributed by atoms with Gasteiger partial charge in [-0.25, -0.2) is 0 Å². The van der Waals surface area contributed by atoms with E-state index in [0.29, 0.717) is 6.42 Å². The number of carboxylic acids is 1. The van der Waals surface area contributed by atoms with Crippen LogP contribution >= 0.6 is 0 Å². The van der Waals surface area contributed by atoms with Crippen LogP contribution in [-0.4, -0.2) is 39.9 Å². The summed E-state index contributed by atoms with van der Waals surface area (Å²) < 4.78 is 0. The standard InChI is InChI=1S/C6H10O3.Mg.2H/c1-2-3-5(7)4-6(8)9;;;/h2-4H2,1H3,(H,8,9);;;/q;+2;2*-1. The third-order valence-corrected chi connectivity index (χ3v) is 0.877. The molecule has 0 bridgehead atoms. The molecule has 56 valence electrons. The quantitative estimate of drug-likeness (QED) is 0.481. The number of rotatable bonds is 4. The molecular weight excluding hydrogens is 144 g/mol. The summed E-state index contributed by atoms with van der Waals surface area (Å²) in [6, 6.07) is 0. The number of carbonyl (C=O) groups is 2. The van der Waals surface area contributed by atoms with E-state index in [0.717, 1.165) is 6.42 Å². The molecule has 0 saturated heterocycles. The van der Waals surface area contributed by atoms with Crippen molar-refractivity contribution in [1.29, 1.82) is 0 Å². The summed E-state index contributed by atoms with van der Waals surface area (Å²) in [6.07, 6.45) is 0.784. The molecule has 0 radical (unpaired) electrons. The van der Waals surface area contributed by atoms with Gasteiger partial charge in [-0.2, -0.15) is 0 Å². The number of hydrogen-bond acceptors (Lipinski definition) is 2. The van der Waals surface area contributed by atoms with E-state index in [1.54, 1.807) is 0 Å². The molecule has 0 aliphatic heterocycles. The van der Waals surface area contributed by atoms with Gasteiger partial charge in [0.15, 0.2) is 0 Å². The first kappa shape index (κ1) is 12.6. The average molecular weight is 156 g/mol. The predicted molar refractivity (Wildman–Crippen MR) is 40.1 cm³/mol. The van der Waals surface area contributed by atoms with E-state index in [-0.39, 0.29) is 38.1 Å². The predicted octanol–water partition coefficient (Wildman–Crippen LogP) is 0.674. The molecule has 10 heavy (non-hydrogen) atoms. The summed E-state index contributed by atoms with van der Waals surface area (Å²) in [7, 11) is 0. The minimum Gasteiger partial charge on any atom is -1.00 e. The first-order valence-electron chi connectivity index (χ1n) is 2.90. The summed E-state index contributed by atoms with van der Waals surface area (Å²) in [5.41, 5.74) is 0. The molecule has 0 aliphatic carbocycles. The van der Waals surface area contributed by atoms with Crippen molar-refractivity contribution >= 4 is 34.8 Å². The van der Waals surface area contributed by atoms with E-state index in [2.05, 4.69) is 0 Å². The van der Waals surface area contributed by atoms with Gasteiger partial charge in [0.1, 0.15) is 12.2 Å². The van der Waals surface area contributed by atoms with E-state index in [1.165, 1.54) is 0 Å². The summed E-state index contributed by atoms with van der Waals surface area (Å²) in [5.74, 6) is -1.22. The average Bonchev–Trinajstić information content (AvgIpc) is 1.63. The van der Waals surface area contributed by atoms with Crippen molar-refractivity contribution in [3.05, 3.63) is 0 Å². The molecule has 1 N–H and O–H groups in total. The fraction of sp³-hybridized carbons (Fsp3) is 0.667. The molecule has 0 rings (SSSR count). The largest absolute Gasteiger partial charge is 2.00 e. The summed E-state index contributed by atoms with van der Waals surface area (Å²) in [5, 5.41) is 8.09. The van der Waals surface area contributed by atoms with Crippen LogP contribution in [-0.2, 0) is 9.59 Å². The van der Waals surface area contributed by atoms with Crippen molar-refractivity contribution in [3.8, 4) is 0 Å². The Balaban J connectivity index is -0.000000107. The van der Waals surface area contributed by atoms with Gasteiger partial charge in [0, 0.05) is 6.42 Å². The van der Waals surface area contributed by atoms with Crippen molar-refractivity contribution in [2.75, 3.05) is 0 Å². The van der Waals surface area contributed by atoms with Crippen LogP contribution in [0.2, 0.25) is 0 Å². The van der Waals surface area contributed by atoms with Crippen LogP contribution in [0.3, 0.4) is 0 Å². The van der Waals surface area contributed by atoms with Crippen LogP contribution in [0.1, 0.15) is 29.0 Å². The number of hydrogen-bond donors (Lipinski definition) is 1. The molecule has 0 saturated carbocycles. The second kappa shape index (κ2) is 7.02. The summed E-state index contributed by atoms with van der Waals surface area (Å²) in [6.45, 7) is 1.85. The Kier molecular flexibility index (Phi) is 8.82. The molecule has 0 atom stereocenters. The maximum atomic E-state index is 10.5. The molecule has 0 aromatic carbocycles. The molecular formula is C6H12MgO3. The monoisotopic (exact) mass is 156 g/mol. The zero-order chi connectivity index (χ0) is 7.28. The number of carbonyl (C=O) groups excluding carboxylic acids is 1.